The third kappa shape index (κ3) is 2.51. The lowest BCUT2D eigenvalue weighted by atomic mass is 9.87. The van der Waals surface area contributed by atoms with Gasteiger partial charge in [0.2, 0.25) is 0 Å². The topological polar surface area (TPSA) is 58.9 Å². The van der Waals surface area contributed by atoms with Crippen LogP contribution in [0.4, 0.5) is 0 Å². The Balaban J connectivity index is 2.01. The standard InChI is InChI=1S/C21H26O4/c1-12-3-4-16-17(11-12)21(25-10-8-23)19-15-6-5-14(13(15)2)18(19)20(16)24-9-7-22/h3-4,11,13-15,22-23H,5-10H2,1-2H3. The van der Waals surface area contributed by atoms with E-state index in [1.54, 1.807) is 0 Å². The van der Waals surface area contributed by atoms with Crippen molar-refractivity contribution < 1.29 is 19.7 Å². The number of aliphatic hydroxyl groups excluding tert-OH is 2. The second-order valence-corrected chi connectivity index (χ2v) is 7.33. The first-order valence-electron chi connectivity index (χ1n) is 9.24. The van der Waals surface area contributed by atoms with Crippen LogP contribution in [0.5, 0.6) is 11.5 Å². The van der Waals surface area contributed by atoms with Crippen LogP contribution in [0.15, 0.2) is 18.2 Å². The van der Waals surface area contributed by atoms with Crippen molar-refractivity contribution in [3.8, 4) is 11.5 Å². The maximum absolute atomic E-state index is 9.28. The molecule has 0 amide bonds. The highest BCUT2D eigenvalue weighted by Gasteiger charge is 2.47. The van der Waals surface area contributed by atoms with E-state index in [4.69, 9.17) is 9.47 Å². The van der Waals surface area contributed by atoms with Crippen molar-refractivity contribution in [2.24, 2.45) is 5.92 Å². The van der Waals surface area contributed by atoms with Crippen molar-refractivity contribution in [1.82, 2.24) is 0 Å². The first-order chi connectivity index (χ1) is 12.2. The molecular weight excluding hydrogens is 316 g/mol. The molecule has 4 heteroatoms. The SMILES string of the molecule is Cc1ccc2c(OCCO)c3c(c(OCCO)c2c1)C1CCC3C1C. The zero-order chi connectivity index (χ0) is 17.6. The fourth-order valence-electron chi connectivity index (χ4n) is 4.90. The van der Waals surface area contributed by atoms with Gasteiger partial charge in [-0.25, -0.2) is 0 Å². The fourth-order valence-corrected chi connectivity index (χ4v) is 4.90. The van der Waals surface area contributed by atoms with E-state index in [2.05, 4.69) is 32.0 Å². The molecule has 2 aliphatic carbocycles. The number of benzene rings is 2. The van der Waals surface area contributed by atoms with Crippen molar-refractivity contribution in [2.45, 2.75) is 38.5 Å². The molecule has 4 nitrogen and oxygen atoms in total. The van der Waals surface area contributed by atoms with E-state index in [9.17, 15) is 10.2 Å². The highest BCUT2D eigenvalue weighted by atomic mass is 16.5. The van der Waals surface area contributed by atoms with Crippen molar-refractivity contribution >= 4 is 10.8 Å². The van der Waals surface area contributed by atoms with Gasteiger partial charge in [-0.3, -0.25) is 0 Å². The molecule has 25 heavy (non-hydrogen) atoms. The largest absolute Gasteiger partial charge is 0.490 e. The molecule has 4 rings (SSSR count). The number of rotatable bonds is 6. The van der Waals surface area contributed by atoms with Crippen molar-refractivity contribution in [3.05, 3.63) is 34.9 Å². The minimum absolute atomic E-state index is 0.00843. The molecule has 2 aromatic carbocycles. The summed E-state index contributed by atoms with van der Waals surface area (Å²) in [5, 5.41) is 20.7. The average Bonchev–Trinajstić information content (AvgIpc) is 3.11. The zero-order valence-electron chi connectivity index (χ0n) is 14.9. The molecule has 1 saturated carbocycles. The van der Waals surface area contributed by atoms with E-state index in [1.807, 2.05) is 0 Å². The summed E-state index contributed by atoms with van der Waals surface area (Å²) in [6.07, 6.45) is 2.37. The normalized spacial score (nSPS) is 23.9. The fraction of sp³-hybridized carbons (Fsp3) is 0.524. The summed E-state index contributed by atoms with van der Waals surface area (Å²) in [4.78, 5) is 0. The van der Waals surface area contributed by atoms with Crippen LogP contribution in [-0.4, -0.2) is 36.6 Å². The third-order valence-corrected chi connectivity index (χ3v) is 5.92. The minimum Gasteiger partial charge on any atom is -0.490 e. The molecule has 0 aromatic heterocycles. The zero-order valence-corrected chi connectivity index (χ0v) is 14.9. The minimum atomic E-state index is 0.00843. The van der Waals surface area contributed by atoms with Crippen LogP contribution in [0.3, 0.4) is 0 Å². The monoisotopic (exact) mass is 342 g/mol. The molecule has 3 atom stereocenters. The Kier molecular flexibility index (Phi) is 4.34. The smallest absolute Gasteiger partial charge is 0.131 e. The summed E-state index contributed by atoms with van der Waals surface area (Å²) >= 11 is 0. The van der Waals surface area contributed by atoms with Gasteiger partial charge >= 0.3 is 0 Å². The lowest BCUT2D eigenvalue weighted by Gasteiger charge is -2.25. The van der Waals surface area contributed by atoms with E-state index >= 15 is 0 Å². The lowest BCUT2D eigenvalue weighted by Crippen LogP contribution is -2.11. The summed E-state index contributed by atoms with van der Waals surface area (Å²) in [6.45, 7) is 5.02. The first-order valence-corrected chi connectivity index (χ1v) is 9.24. The van der Waals surface area contributed by atoms with Crippen molar-refractivity contribution in [2.75, 3.05) is 26.4 Å². The van der Waals surface area contributed by atoms with Crippen molar-refractivity contribution in [3.63, 3.8) is 0 Å². The van der Waals surface area contributed by atoms with Gasteiger partial charge in [-0.05, 0) is 43.6 Å². The molecule has 0 spiro atoms. The number of ether oxygens (including phenoxy) is 2. The first kappa shape index (κ1) is 16.7. The van der Waals surface area contributed by atoms with Crippen LogP contribution < -0.4 is 9.47 Å². The van der Waals surface area contributed by atoms with Crippen LogP contribution in [0.25, 0.3) is 10.8 Å². The van der Waals surface area contributed by atoms with Gasteiger partial charge in [0.1, 0.15) is 24.7 Å². The summed E-state index contributed by atoms with van der Waals surface area (Å²) in [5.41, 5.74) is 3.73. The third-order valence-electron chi connectivity index (χ3n) is 5.92. The lowest BCUT2D eigenvalue weighted by molar-refractivity contribution is 0.198. The van der Waals surface area contributed by atoms with Gasteiger partial charge in [-0.1, -0.05) is 24.6 Å². The highest BCUT2D eigenvalue weighted by Crippen LogP contribution is 2.63. The number of hydrogen-bond acceptors (Lipinski definition) is 4. The van der Waals surface area contributed by atoms with Gasteiger partial charge in [-0.2, -0.15) is 0 Å². The maximum Gasteiger partial charge on any atom is 0.131 e. The molecule has 2 N–H and O–H groups in total. The second-order valence-electron chi connectivity index (χ2n) is 7.33. The van der Waals surface area contributed by atoms with Crippen molar-refractivity contribution in [1.29, 1.82) is 0 Å². The molecule has 2 bridgehead atoms. The molecule has 2 aromatic rings. The molecule has 0 saturated heterocycles. The Hall–Kier alpha value is -1.78. The van der Waals surface area contributed by atoms with Crippen LogP contribution in [0.1, 0.15) is 48.3 Å². The number of fused-ring (bicyclic) bond motifs is 6. The second kappa shape index (κ2) is 6.50. The van der Waals surface area contributed by atoms with E-state index in [0.29, 0.717) is 31.0 Å². The maximum atomic E-state index is 9.28. The Morgan fingerprint density at radius 1 is 0.920 bits per heavy atom. The Morgan fingerprint density at radius 3 is 2.04 bits per heavy atom. The van der Waals surface area contributed by atoms with Crippen LogP contribution in [0.2, 0.25) is 0 Å². The highest BCUT2D eigenvalue weighted by molar-refractivity contribution is 5.97. The van der Waals surface area contributed by atoms with Gasteiger partial charge in [0.15, 0.2) is 0 Å². The van der Waals surface area contributed by atoms with E-state index < -0.39 is 0 Å². The number of hydrogen-bond donors (Lipinski definition) is 2. The molecule has 0 heterocycles. The average molecular weight is 342 g/mol. The summed E-state index contributed by atoms with van der Waals surface area (Å²) in [7, 11) is 0. The van der Waals surface area contributed by atoms with Crippen LogP contribution in [0, 0.1) is 12.8 Å². The molecule has 3 unspecified atom stereocenters. The molecule has 134 valence electrons. The Bertz CT molecular complexity index is 798. The number of aliphatic hydroxyl groups is 2. The van der Waals surface area contributed by atoms with E-state index in [1.165, 1.54) is 29.5 Å². The Morgan fingerprint density at radius 2 is 1.48 bits per heavy atom. The summed E-state index contributed by atoms with van der Waals surface area (Å²) in [6, 6.07) is 6.33. The molecule has 2 aliphatic rings. The van der Waals surface area contributed by atoms with Crippen LogP contribution >= 0.6 is 0 Å². The van der Waals surface area contributed by atoms with Gasteiger partial charge in [-0.15, -0.1) is 0 Å². The van der Waals surface area contributed by atoms with Gasteiger partial charge < -0.3 is 19.7 Å². The predicted octanol–water partition coefficient (Wildman–Crippen LogP) is 3.50. The van der Waals surface area contributed by atoms with Gasteiger partial charge in [0.05, 0.1) is 13.2 Å². The quantitative estimate of drug-likeness (QED) is 0.843. The molecule has 0 aliphatic heterocycles. The summed E-state index contributed by atoms with van der Waals surface area (Å²) in [5.74, 6) is 3.43. The molecule has 1 fully saturated rings. The summed E-state index contributed by atoms with van der Waals surface area (Å²) < 4.78 is 12.1. The Labute approximate surface area is 148 Å². The molecular formula is C21H26O4. The van der Waals surface area contributed by atoms with Crippen LogP contribution in [-0.2, 0) is 0 Å². The van der Waals surface area contributed by atoms with Gasteiger partial charge in [0.25, 0.3) is 0 Å². The van der Waals surface area contributed by atoms with E-state index in [-0.39, 0.29) is 13.2 Å². The molecule has 0 radical (unpaired) electrons. The van der Waals surface area contributed by atoms with E-state index in [0.717, 1.165) is 22.3 Å². The predicted molar refractivity (Wildman–Crippen MR) is 97.7 cm³/mol. The van der Waals surface area contributed by atoms with Gasteiger partial charge in [0, 0.05) is 21.9 Å². The number of aryl methyl sites for hydroxylation is 1.